The number of benzene rings is 2. The Bertz CT molecular complexity index is 1070. The largest absolute Gasteiger partial charge is 0.282 e. The molecule has 0 unspecified atom stereocenters. The molecule has 0 amide bonds. The highest BCUT2D eigenvalue weighted by Gasteiger charge is 2.20. The molecule has 2 N–H and O–H groups in total. The van der Waals surface area contributed by atoms with Gasteiger partial charge in [-0.1, -0.05) is 17.7 Å². The first kappa shape index (κ1) is 18.4. The molecular weight excluding hydrogens is 391 g/mol. The van der Waals surface area contributed by atoms with Gasteiger partial charge >= 0.3 is 0 Å². The molecule has 1 heterocycles. The van der Waals surface area contributed by atoms with Crippen LogP contribution in [0, 0.1) is 5.82 Å². The molecule has 1 aromatic heterocycles. The lowest BCUT2D eigenvalue weighted by atomic mass is 10.1. The van der Waals surface area contributed by atoms with E-state index in [-0.39, 0.29) is 11.3 Å². The van der Waals surface area contributed by atoms with Gasteiger partial charge in [0, 0.05) is 10.6 Å². The van der Waals surface area contributed by atoms with Gasteiger partial charge in [0.2, 0.25) is 10.0 Å². The average Bonchev–Trinajstić information content (AvgIpc) is 3.00. The zero-order valence-electron chi connectivity index (χ0n) is 12.9. The molecule has 5 nitrogen and oxygen atoms in total. The Labute approximate surface area is 151 Å². The fourth-order valence-corrected chi connectivity index (χ4v) is 3.10. The third kappa shape index (κ3) is 3.59. The molecule has 26 heavy (non-hydrogen) atoms. The Morgan fingerprint density at radius 2 is 1.73 bits per heavy atom. The number of sulfonamides is 1. The van der Waals surface area contributed by atoms with Crippen molar-refractivity contribution < 1.29 is 21.6 Å². The van der Waals surface area contributed by atoms with Crippen LogP contribution in [0.15, 0.2) is 53.4 Å². The van der Waals surface area contributed by atoms with Crippen molar-refractivity contribution in [2.75, 3.05) is 0 Å². The number of alkyl halides is 2. The predicted octanol–water partition coefficient (Wildman–Crippen LogP) is 3.92. The molecule has 0 fully saturated rings. The lowest BCUT2D eigenvalue weighted by Crippen LogP contribution is -2.14. The fourth-order valence-electron chi connectivity index (χ4n) is 2.38. The van der Waals surface area contributed by atoms with E-state index >= 15 is 0 Å². The number of halogens is 4. The Kier molecular flexibility index (Phi) is 4.78. The number of aromatic nitrogens is 2. The molecular formula is C16H11ClF3N3O2S. The molecule has 0 radical (unpaired) electrons. The van der Waals surface area contributed by atoms with Crippen LogP contribution in [0.5, 0.6) is 0 Å². The molecule has 0 bridgehead atoms. The first-order chi connectivity index (χ1) is 12.2. The molecule has 3 rings (SSSR count). The van der Waals surface area contributed by atoms with Crippen LogP contribution in [0.25, 0.3) is 16.9 Å². The molecule has 10 heteroatoms. The van der Waals surface area contributed by atoms with Gasteiger partial charge in [-0.2, -0.15) is 5.10 Å². The van der Waals surface area contributed by atoms with Crippen molar-refractivity contribution in [1.29, 1.82) is 0 Å². The van der Waals surface area contributed by atoms with Crippen molar-refractivity contribution in [2.24, 2.45) is 5.14 Å². The molecule has 0 aliphatic rings. The maximum absolute atomic E-state index is 14.1. The maximum atomic E-state index is 14.1. The van der Waals surface area contributed by atoms with Crippen LogP contribution < -0.4 is 5.14 Å². The maximum Gasteiger partial charge on any atom is 0.282 e. The molecule has 0 spiro atoms. The van der Waals surface area contributed by atoms with Crippen LogP contribution in [0.3, 0.4) is 0 Å². The first-order valence-electron chi connectivity index (χ1n) is 7.13. The minimum Gasteiger partial charge on any atom is -0.233 e. The molecule has 0 saturated carbocycles. The summed E-state index contributed by atoms with van der Waals surface area (Å²) in [7, 11) is -4.24. The second-order valence-corrected chi connectivity index (χ2v) is 7.30. The van der Waals surface area contributed by atoms with Gasteiger partial charge < -0.3 is 0 Å². The first-order valence-corrected chi connectivity index (χ1v) is 9.06. The summed E-state index contributed by atoms with van der Waals surface area (Å²) in [5, 5.41) is 9.22. The van der Waals surface area contributed by atoms with E-state index in [0.29, 0.717) is 10.7 Å². The second-order valence-electron chi connectivity index (χ2n) is 5.33. The molecule has 0 aliphatic heterocycles. The average molecular weight is 402 g/mol. The number of nitrogens with zero attached hydrogens (tertiary/aromatic N) is 2. The Morgan fingerprint density at radius 3 is 2.27 bits per heavy atom. The third-order valence-electron chi connectivity index (χ3n) is 3.56. The number of primary sulfonamides is 1. The highest BCUT2D eigenvalue weighted by molar-refractivity contribution is 7.89. The van der Waals surface area contributed by atoms with Crippen molar-refractivity contribution in [3.05, 3.63) is 65.1 Å². The van der Waals surface area contributed by atoms with Gasteiger partial charge in [-0.15, -0.1) is 0 Å². The van der Waals surface area contributed by atoms with E-state index in [0.717, 1.165) is 18.2 Å². The summed E-state index contributed by atoms with van der Waals surface area (Å²) in [6, 6.07) is 10.5. The summed E-state index contributed by atoms with van der Waals surface area (Å²) >= 11 is 5.82. The van der Waals surface area contributed by atoms with Gasteiger partial charge in [-0.05, 0) is 42.5 Å². The van der Waals surface area contributed by atoms with Crippen molar-refractivity contribution >= 4 is 21.6 Å². The normalized spacial score (nSPS) is 11.9. The van der Waals surface area contributed by atoms with Crippen LogP contribution in [0.1, 0.15) is 12.1 Å². The lowest BCUT2D eigenvalue weighted by Gasteiger charge is -2.09. The van der Waals surface area contributed by atoms with Gasteiger partial charge in [0.05, 0.1) is 11.4 Å². The highest BCUT2D eigenvalue weighted by Crippen LogP contribution is 2.30. The summed E-state index contributed by atoms with van der Waals surface area (Å²) in [6.07, 6.45) is -2.84. The van der Waals surface area contributed by atoms with Gasteiger partial charge in [-0.25, -0.2) is 31.4 Å². The van der Waals surface area contributed by atoms with Gasteiger partial charge in [0.1, 0.15) is 16.4 Å². The summed E-state index contributed by atoms with van der Waals surface area (Å²) in [4.78, 5) is -0.687. The summed E-state index contributed by atoms with van der Waals surface area (Å²) in [5.41, 5.74) is 0.227. The van der Waals surface area contributed by atoms with Crippen molar-refractivity contribution in [2.45, 2.75) is 11.3 Å². The number of rotatable bonds is 4. The predicted molar refractivity (Wildman–Crippen MR) is 90.3 cm³/mol. The SMILES string of the molecule is NS(=O)(=O)c1ccc(-c2cc(C(F)F)nn2-c2ccc(Cl)cc2)cc1F. The van der Waals surface area contributed by atoms with Crippen LogP contribution in [0.2, 0.25) is 5.02 Å². The molecule has 0 atom stereocenters. The van der Waals surface area contributed by atoms with Crippen LogP contribution >= 0.6 is 11.6 Å². The Morgan fingerprint density at radius 1 is 1.08 bits per heavy atom. The molecule has 2 aromatic carbocycles. The quantitative estimate of drug-likeness (QED) is 0.719. The van der Waals surface area contributed by atoms with Crippen LogP contribution in [0.4, 0.5) is 13.2 Å². The Balaban J connectivity index is 2.18. The summed E-state index contributed by atoms with van der Waals surface area (Å²) in [5.74, 6) is -1.09. The van der Waals surface area contributed by atoms with Crippen molar-refractivity contribution in [1.82, 2.24) is 9.78 Å². The van der Waals surface area contributed by atoms with Crippen molar-refractivity contribution in [3.8, 4) is 16.9 Å². The van der Waals surface area contributed by atoms with Gasteiger partial charge in [-0.3, -0.25) is 0 Å². The Hall–Kier alpha value is -2.36. The summed E-state index contributed by atoms with van der Waals surface area (Å²) < 4.78 is 64.2. The van der Waals surface area contributed by atoms with E-state index in [1.54, 1.807) is 24.3 Å². The van der Waals surface area contributed by atoms with E-state index < -0.39 is 32.9 Å². The number of nitrogens with two attached hydrogens (primary N) is 1. The van der Waals surface area contributed by atoms with Gasteiger partial charge in [0.15, 0.2) is 0 Å². The van der Waals surface area contributed by atoms with E-state index in [2.05, 4.69) is 5.10 Å². The van der Waals surface area contributed by atoms with Crippen LogP contribution in [-0.4, -0.2) is 18.2 Å². The topological polar surface area (TPSA) is 78.0 Å². The zero-order chi connectivity index (χ0) is 19.1. The van der Waals surface area contributed by atoms with Crippen LogP contribution in [-0.2, 0) is 10.0 Å². The third-order valence-corrected chi connectivity index (χ3v) is 4.75. The second kappa shape index (κ2) is 6.75. The smallest absolute Gasteiger partial charge is 0.233 e. The molecule has 0 aliphatic carbocycles. The number of hydrogen-bond acceptors (Lipinski definition) is 3. The minimum absolute atomic E-state index is 0.155. The van der Waals surface area contributed by atoms with E-state index in [1.807, 2.05) is 0 Å². The minimum atomic E-state index is -4.24. The monoisotopic (exact) mass is 401 g/mol. The summed E-state index contributed by atoms with van der Waals surface area (Å²) in [6.45, 7) is 0. The van der Waals surface area contributed by atoms with Gasteiger partial charge in [0.25, 0.3) is 6.43 Å². The standard InChI is InChI=1S/C16H11ClF3N3O2S/c17-10-2-4-11(5-3-10)23-14(8-13(22-23)16(19)20)9-1-6-15(12(18)7-9)26(21,24)25/h1-8,16H,(H2,21,24,25). The van der Waals surface area contributed by atoms with E-state index in [4.69, 9.17) is 16.7 Å². The lowest BCUT2D eigenvalue weighted by molar-refractivity contribution is 0.145. The fraction of sp³-hybridized carbons (Fsp3) is 0.0625. The van der Waals surface area contributed by atoms with Crippen molar-refractivity contribution in [3.63, 3.8) is 0 Å². The molecule has 0 saturated heterocycles. The van der Waals surface area contributed by atoms with E-state index in [1.165, 1.54) is 10.7 Å². The van der Waals surface area contributed by atoms with E-state index in [9.17, 15) is 21.6 Å². The highest BCUT2D eigenvalue weighted by atomic mass is 35.5. The number of hydrogen-bond donors (Lipinski definition) is 1. The zero-order valence-corrected chi connectivity index (χ0v) is 14.5. The molecule has 3 aromatic rings. The molecule has 136 valence electrons.